The number of halogens is 2. The summed E-state index contributed by atoms with van der Waals surface area (Å²) in [6.45, 7) is 0.596. The van der Waals surface area contributed by atoms with Gasteiger partial charge < -0.3 is 16.0 Å². The number of aromatic nitrogens is 2. The molecule has 0 radical (unpaired) electrons. The maximum absolute atomic E-state index is 12.0. The number of benzene rings is 2. The average molecular weight is 395 g/mol. The van der Waals surface area contributed by atoms with Crippen LogP contribution in [0, 0.1) is 0 Å². The van der Waals surface area contributed by atoms with E-state index in [4.69, 9.17) is 5.73 Å². The Bertz CT molecular complexity index is 774. The van der Waals surface area contributed by atoms with Crippen molar-refractivity contribution in [3.63, 3.8) is 0 Å². The van der Waals surface area contributed by atoms with Gasteiger partial charge in [0.1, 0.15) is 5.82 Å². The second-order valence-corrected chi connectivity index (χ2v) is 5.89. The summed E-state index contributed by atoms with van der Waals surface area (Å²) < 4.78 is 0. The minimum atomic E-state index is -0.515. The van der Waals surface area contributed by atoms with E-state index in [0.717, 1.165) is 35.3 Å². The molecule has 5 nitrogen and oxygen atoms in total. The van der Waals surface area contributed by atoms with Crippen LogP contribution in [0.2, 0.25) is 0 Å². The lowest BCUT2D eigenvalue weighted by atomic mass is 10.1. The number of rotatable bonds is 7. The summed E-state index contributed by atoms with van der Waals surface area (Å²) in [7, 11) is 0. The molecule has 3 rings (SSSR count). The second kappa shape index (κ2) is 10.8. The molecule has 1 aromatic heterocycles. The molecule has 3 aromatic rings. The fourth-order valence-electron chi connectivity index (χ4n) is 2.68. The van der Waals surface area contributed by atoms with Crippen molar-refractivity contribution in [2.75, 3.05) is 6.54 Å². The number of H-pyrrole nitrogens is 1. The van der Waals surface area contributed by atoms with E-state index in [9.17, 15) is 4.79 Å². The van der Waals surface area contributed by atoms with Crippen molar-refractivity contribution in [1.82, 2.24) is 15.3 Å². The van der Waals surface area contributed by atoms with Crippen molar-refractivity contribution in [3.05, 3.63) is 66.0 Å². The summed E-state index contributed by atoms with van der Waals surface area (Å²) >= 11 is 0. The van der Waals surface area contributed by atoms with Crippen molar-refractivity contribution in [3.8, 4) is 0 Å². The summed E-state index contributed by atoms with van der Waals surface area (Å²) in [6, 6.07) is 17.3. The van der Waals surface area contributed by atoms with E-state index < -0.39 is 6.04 Å². The molecular formula is C19H24Cl2N4O. The van der Waals surface area contributed by atoms with Gasteiger partial charge in [-0.1, -0.05) is 42.5 Å². The van der Waals surface area contributed by atoms with Gasteiger partial charge in [0.2, 0.25) is 5.91 Å². The molecule has 1 heterocycles. The van der Waals surface area contributed by atoms with E-state index in [2.05, 4.69) is 15.3 Å². The van der Waals surface area contributed by atoms with Gasteiger partial charge in [-0.05, 0) is 30.5 Å². The Balaban J connectivity index is 0.00000169. The summed E-state index contributed by atoms with van der Waals surface area (Å²) in [5, 5.41) is 2.90. The molecule has 0 aliphatic carbocycles. The number of carbonyl (C=O) groups is 1. The van der Waals surface area contributed by atoms with Crippen LogP contribution in [0.1, 0.15) is 17.8 Å². The smallest absolute Gasteiger partial charge is 0.237 e. The summed E-state index contributed by atoms with van der Waals surface area (Å²) in [6.07, 6.45) is 2.17. The molecule has 140 valence electrons. The zero-order valence-electron chi connectivity index (χ0n) is 14.4. The second-order valence-electron chi connectivity index (χ2n) is 5.89. The third-order valence-electron chi connectivity index (χ3n) is 3.96. The number of aryl methyl sites for hydroxylation is 1. The molecule has 0 spiro atoms. The molecular weight excluding hydrogens is 371 g/mol. The highest BCUT2D eigenvalue weighted by atomic mass is 35.5. The Morgan fingerprint density at radius 3 is 2.50 bits per heavy atom. The van der Waals surface area contributed by atoms with Crippen LogP contribution < -0.4 is 11.1 Å². The van der Waals surface area contributed by atoms with Crippen molar-refractivity contribution < 1.29 is 4.79 Å². The summed E-state index contributed by atoms with van der Waals surface area (Å²) in [5.74, 6) is 0.836. The molecule has 0 aliphatic heterocycles. The SMILES string of the molecule is Cl.Cl.NC(Cc1ccccc1)C(=O)NCCCc1nc2ccccc2[nH]1. The molecule has 4 N–H and O–H groups in total. The van der Waals surface area contributed by atoms with Gasteiger partial charge in [0, 0.05) is 13.0 Å². The van der Waals surface area contributed by atoms with Gasteiger partial charge in [-0.25, -0.2) is 4.98 Å². The molecule has 26 heavy (non-hydrogen) atoms. The Labute approximate surface area is 165 Å². The maximum Gasteiger partial charge on any atom is 0.237 e. The maximum atomic E-state index is 12.0. The molecule has 0 fully saturated rings. The predicted molar refractivity (Wildman–Crippen MR) is 110 cm³/mol. The highest BCUT2D eigenvalue weighted by Gasteiger charge is 2.13. The Morgan fingerprint density at radius 1 is 1.08 bits per heavy atom. The number of amides is 1. The number of nitrogens with two attached hydrogens (primary N) is 1. The fourth-order valence-corrected chi connectivity index (χ4v) is 2.68. The van der Waals surface area contributed by atoms with Crippen molar-refractivity contribution in [2.24, 2.45) is 5.73 Å². The molecule has 7 heteroatoms. The van der Waals surface area contributed by atoms with Crippen LogP contribution in [-0.2, 0) is 17.6 Å². The predicted octanol–water partition coefficient (Wildman–Crippen LogP) is 3.03. The number of aromatic amines is 1. The topological polar surface area (TPSA) is 83.8 Å². The standard InChI is InChI=1S/C19H22N4O.2ClH/c20-15(13-14-7-2-1-3-8-14)19(24)21-12-6-11-18-22-16-9-4-5-10-17(16)23-18;;/h1-5,7-10,15H,6,11-13,20H2,(H,21,24)(H,22,23);2*1H. The van der Waals surface area contributed by atoms with Crippen LogP contribution in [0.4, 0.5) is 0 Å². The van der Waals surface area contributed by atoms with E-state index >= 15 is 0 Å². The molecule has 1 unspecified atom stereocenters. The van der Waals surface area contributed by atoms with Crippen LogP contribution in [-0.4, -0.2) is 28.5 Å². The van der Waals surface area contributed by atoms with E-state index in [1.807, 2.05) is 54.6 Å². The Morgan fingerprint density at radius 2 is 1.77 bits per heavy atom. The number of nitrogens with zero attached hydrogens (tertiary/aromatic N) is 1. The van der Waals surface area contributed by atoms with Crippen LogP contribution in [0.3, 0.4) is 0 Å². The lowest BCUT2D eigenvalue weighted by Gasteiger charge is -2.12. The van der Waals surface area contributed by atoms with Crippen molar-refractivity contribution in [2.45, 2.75) is 25.3 Å². The van der Waals surface area contributed by atoms with Gasteiger partial charge in [-0.15, -0.1) is 24.8 Å². The average Bonchev–Trinajstić information content (AvgIpc) is 3.02. The van der Waals surface area contributed by atoms with E-state index in [0.29, 0.717) is 13.0 Å². The number of hydrogen-bond donors (Lipinski definition) is 3. The number of imidazole rings is 1. The molecule has 2 aromatic carbocycles. The van der Waals surface area contributed by atoms with Gasteiger partial charge in [-0.3, -0.25) is 4.79 Å². The van der Waals surface area contributed by atoms with Crippen LogP contribution in [0.15, 0.2) is 54.6 Å². The third-order valence-corrected chi connectivity index (χ3v) is 3.96. The first kappa shape index (κ1) is 22.0. The van der Waals surface area contributed by atoms with Gasteiger partial charge in [0.25, 0.3) is 0 Å². The monoisotopic (exact) mass is 394 g/mol. The van der Waals surface area contributed by atoms with Gasteiger partial charge in [0.05, 0.1) is 17.1 Å². The normalized spacial score (nSPS) is 11.3. The quantitative estimate of drug-likeness (QED) is 0.538. The number of para-hydroxylation sites is 2. The largest absolute Gasteiger partial charge is 0.355 e. The molecule has 1 amide bonds. The number of fused-ring (bicyclic) bond motifs is 1. The molecule has 0 saturated heterocycles. The Hall–Kier alpha value is -2.08. The van der Waals surface area contributed by atoms with Crippen molar-refractivity contribution >= 4 is 41.8 Å². The van der Waals surface area contributed by atoms with Crippen molar-refractivity contribution in [1.29, 1.82) is 0 Å². The minimum Gasteiger partial charge on any atom is -0.355 e. The number of carbonyl (C=O) groups excluding carboxylic acids is 1. The first-order chi connectivity index (χ1) is 11.7. The van der Waals surface area contributed by atoms with Crippen LogP contribution in [0.5, 0.6) is 0 Å². The van der Waals surface area contributed by atoms with Gasteiger partial charge in [-0.2, -0.15) is 0 Å². The van der Waals surface area contributed by atoms with E-state index in [1.54, 1.807) is 0 Å². The third kappa shape index (κ3) is 6.02. The number of hydrogen-bond acceptors (Lipinski definition) is 3. The molecule has 1 atom stereocenters. The lowest BCUT2D eigenvalue weighted by molar-refractivity contribution is -0.122. The van der Waals surface area contributed by atoms with E-state index in [-0.39, 0.29) is 30.7 Å². The Kier molecular flexibility index (Phi) is 9.13. The van der Waals surface area contributed by atoms with Gasteiger partial charge in [0.15, 0.2) is 0 Å². The molecule has 0 saturated carbocycles. The highest BCUT2D eigenvalue weighted by molar-refractivity contribution is 5.85. The van der Waals surface area contributed by atoms with Gasteiger partial charge >= 0.3 is 0 Å². The summed E-state index contributed by atoms with van der Waals surface area (Å²) in [5.41, 5.74) is 9.05. The van der Waals surface area contributed by atoms with Crippen LogP contribution >= 0.6 is 24.8 Å². The van der Waals surface area contributed by atoms with E-state index in [1.165, 1.54) is 0 Å². The minimum absolute atomic E-state index is 0. The first-order valence-corrected chi connectivity index (χ1v) is 8.23. The zero-order valence-corrected chi connectivity index (χ0v) is 16.0. The summed E-state index contributed by atoms with van der Waals surface area (Å²) in [4.78, 5) is 19.9. The highest BCUT2D eigenvalue weighted by Crippen LogP contribution is 2.11. The number of nitrogens with one attached hydrogen (secondary N) is 2. The first-order valence-electron chi connectivity index (χ1n) is 8.23. The lowest BCUT2D eigenvalue weighted by Crippen LogP contribution is -2.42. The zero-order chi connectivity index (χ0) is 16.8. The van der Waals surface area contributed by atoms with Crippen LogP contribution in [0.25, 0.3) is 11.0 Å². The molecule has 0 bridgehead atoms. The molecule has 0 aliphatic rings. The fraction of sp³-hybridized carbons (Fsp3) is 0.263.